The fourth-order valence-electron chi connectivity index (χ4n) is 4.61. The molecule has 0 unspecified atom stereocenters. The molecule has 34 heavy (non-hydrogen) atoms. The van der Waals surface area contributed by atoms with E-state index in [1.165, 1.54) is 10.4 Å². The van der Waals surface area contributed by atoms with Crippen molar-refractivity contribution in [2.45, 2.75) is 31.6 Å². The summed E-state index contributed by atoms with van der Waals surface area (Å²) in [6, 6.07) is 8.75. The number of hydrogen-bond acceptors (Lipinski definition) is 6. The minimum Gasteiger partial charge on any atom is -0.477 e. The lowest BCUT2D eigenvalue weighted by molar-refractivity contribution is -0.132. The third kappa shape index (κ3) is 4.46. The van der Waals surface area contributed by atoms with Crippen LogP contribution < -0.4 is 4.90 Å². The van der Waals surface area contributed by atoms with Gasteiger partial charge in [0.1, 0.15) is 11.6 Å². The van der Waals surface area contributed by atoms with Gasteiger partial charge in [-0.15, -0.1) is 0 Å². The summed E-state index contributed by atoms with van der Waals surface area (Å²) in [6.07, 6.45) is 3.48. The van der Waals surface area contributed by atoms with Gasteiger partial charge in [-0.25, -0.2) is 13.2 Å². The minimum absolute atomic E-state index is 0.209. The van der Waals surface area contributed by atoms with E-state index < -0.39 is 16.0 Å². The van der Waals surface area contributed by atoms with Crippen LogP contribution in [0.2, 0.25) is 0 Å². The summed E-state index contributed by atoms with van der Waals surface area (Å²) >= 11 is 0. The molecule has 2 aliphatic heterocycles. The highest BCUT2D eigenvalue weighted by Gasteiger charge is 2.29. The molecule has 0 bridgehead atoms. The molecule has 0 atom stereocenters. The molecule has 9 nitrogen and oxygen atoms in total. The number of hydrogen-bond donors (Lipinski definition) is 1. The highest BCUT2D eigenvalue weighted by atomic mass is 32.2. The van der Waals surface area contributed by atoms with E-state index in [1.807, 2.05) is 30.5 Å². The van der Waals surface area contributed by atoms with Gasteiger partial charge in [0.15, 0.2) is 0 Å². The second-order valence-corrected chi connectivity index (χ2v) is 10.4. The number of carboxylic acid groups (broad SMARTS) is 1. The van der Waals surface area contributed by atoms with Gasteiger partial charge in [-0.2, -0.15) is 9.57 Å². The van der Waals surface area contributed by atoms with Crippen LogP contribution in [0.25, 0.3) is 11.8 Å². The standard InChI is InChI=1S/C24H28N4O5S/c1-17-13-19(14-20(16-25)24(29)30)18(2)28(17)23-15-21(5-6-22(23)26-7-3-4-8-26)34(31,32)27-9-11-33-12-10-27/h5-6,13-15H,3-4,7-12H2,1-2H3,(H,29,30)/b20-14+. The number of benzene rings is 1. The molecule has 0 saturated carbocycles. The highest BCUT2D eigenvalue weighted by molar-refractivity contribution is 7.89. The molecule has 0 radical (unpaired) electrons. The molecule has 1 N–H and O–H groups in total. The van der Waals surface area contributed by atoms with E-state index in [4.69, 9.17) is 4.74 Å². The van der Waals surface area contributed by atoms with E-state index in [2.05, 4.69) is 4.90 Å². The molecule has 10 heteroatoms. The molecule has 1 aromatic heterocycles. The molecule has 0 aliphatic carbocycles. The van der Waals surface area contributed by atoms with E-state index in [-0.39, 0.29) is 10.5 Å². The zero-order valence-corrected chi connectivity index (χ0v) is 20.1. The van der Waals surface area contributed by atoms with E-state index in [0.717, 1.165) is 48.7 Å². The molecule has 2 fully saturated rings. The van der Waals surface area contributed by atoms with Crippen LogP contribution in [0.15, 0.2) is 34.7 Å². The lowest BCUT2D eigenvalue weighted by atomic mass is 10.1. The Morgan fingerprint density at radius 1 is 1.09 bits per heavy atom. The number of sulfonamides is 1. The Balaban J connectivity index is 1.87. The van der Waals surface area contributed by atoms with Gasteiger partial charge in [-0.3, -0.25) is 0 Å². The quantitative estimate of drug-likeness (QED) is 0.495. The maximum atomic E-state index is 13.4. The van der Waals surface area contributed by atoms with E-state index in [0.29, 0.717) is 31.9 Å². The Hall–Kier alpha value is -3.13. The van der Waals surface area contributed by atoms with Gasteiger partial charge < -0.3 is 19.3 Å². The van der Waals surface area contributed by atoms with Crippen LogP contribution in [0.4, 0.5) is 5.69 Å². The summed E-state index contributed by atoms with van der Waals surface area (Å²) in [6.45, 7) is 6.85. The summed E-state index contributed by atoms with van der Waals surface area (Å²) < 4.78 is 35.4. The van der Waals surface area contributed by atoms with Crippen LogP contribution in [0.3, 0.4) is 0 Å². The molecule has 1 aromatic carbocycles. The van der Waals surface area contributed by atoms with Crippen LogP contribution >= 0.6 is 0 Å². The first-order chi connectivity index (χ1) is 16.2. The summed E-state index contributed by atoms with van der Waals surface area (Å²) in [7, 11) is -3.70. The normalized spacial score (nSPS) is 17.7. The summed E-state index contributed by atoms with van der Waals surface area (Å²) in [5.41, 5.74) is 3.43. The van der Waals surface area contributed by atoms with Crippen molar-refractivity contribution in [3.05, 3.63) is 46.8 Å². The lowest BCUT2D eigenvalue weighted by Gasteiger charge is -2.28. The number of nitriles is 1. The van der Waals surface area contributed by atoms with Crippen molar-refractivity contribution in [3.8, 4) is 11.8 Å². The maximum absolute atomic E-state index is 13.4. The number of anilines is 1. The number of rotatable bonds is 6. The van der Waals surface area contributed by atoms with Crippen LogP contribution in [-0.2, 0) is 19.6 Å². The molecule has 2 aliphatic rings. The fourth-order valence-corrected chi connectivity index (χ4v) is 6.03. The zero-order valence-electron chi connectivity index (χ0n) is 19.3. The smallest absolute Gasteiger partial charge is 0.346 e. The number of aliphatic carboxylic acids is 1. The average molecular weight is 485 g/mol. The molecular weight excluding hydrogens is 456 g/mol. The van der Waals surface area contributed by atoms with Gasteiger partial charge >= 0.3 is 5.97 Å². The molecule has 4 rings (SSSR count). The van der Waals surface area contributed by atoms with Crippen molar-refractivity contribution in [1.29, 1.82) is 5.26 Å². The van der Waals surface area contributed by atoms with Crippen LogP contribution in [0, 0.1) is 25.2 Å². The topological polar surface area (TPSA) is 116 Å². The van der Waals surface area contributed by atoms with Gasteiger partial charge in [0.05, 0.1) is 29.5 Å². The number of morpholine rings is 1. The van der Waals surface area contributed by atoms with Crippen molar-refractivity contribution in [2.24, 2.45) is 0 Å². The molecule has 180 valence electrons. The van der Waals surface area contributed by atoms with Crippen LogP contribution in [0.1, 0.15) is 29.8 Å². The van der Waals surface area contributed by atoms with E-state index in [1.54, 1.807) is 18.2 Å². The molecule has 0 spiro atoms. The first-order valence-electron chi connectivity index (χ1n) is 11.3. The number of carbonyl (C=O) groups is 1. The first kappa shape index (κ1) is 24.0. The Kier molecular flexibility index (Phi) is 6.79. The maximum Gasteiger partial charge on any atom is 0.346 e. The second-order valence-electron chi connectivity index (χ2n) is 8.50. The van der Waals surface area contributed by atoms with Gasteiger partial charge in [0.25, 0.3) is 0 Å². The first-order valence-corrected chi connectivity index (χ1v) is 12.7. The number of aryl methyl sites for hydroxylation is 1. The van der Waals surface area contributed by atoms with Crippen molar-refractivity contribution in [2.75, 3.05) is 44.3 Å². The third-order valence-corrected chi connectivity index (χ3v) is 8.26. The number of nitrogens with zero attached hydrogens (tertiary/aromatic N) is 4. The molecule has 2 saturated heterocycles. The highest BCUT2D eigenvalue weighted by Crippen LogP contribution is 2.34. The fraction of sp³-hybridized carbons (Fsp3) is 0.417. The van der Waals surface area contributed by atoms with Gasteiger partial charge in [-0.1, -0.05) is 0 Å². The van der Waals surface area contributed by atoms with Crippen LogP contribution in [0.5, 0.6) is 0 Å². The summed E-state index contributed by atoms with van der Waals surface area (Å²) in [5, 5.41) is 18.5. The third-order valence-electron chi connectivity index (χ3n) is 6.36. The molecule has 3 heterocycles. The number of carboxylic acids is 1. The SMILES string of the molecule is Cc1cc(/C=C(\C#N)C(=O)O)c(C)n1-c1cc(S(=O)(=O)N2CCOCC2)ccc1N1CCCC1. The predicted octanol–water partition coefficient (Wildman–Crippen LogP) is 2.71. The Morgan fingerprint density at radius 2 is 1.76 bits per heavy atom. The van der Waals surface area contributed by atoms with Crippen molar-refractivity contribution >= 4 is 27.8 Å². The van der Waals surface area contributed by atoms with Crippen molar-refractivity contribution in [1.82, 2.24) is 8.87 Å². The summed E-state index contributed by atoms with van der Waals surface area (Å²) in [5.74, 6) is -1.29. The van der Waals surface area contributed by atoms with E-state index in [9.17, 15) is 23.6 Å². The second kappa shape index (κ2) is 9.62. The zero-order chi connectivity index (χ0) is 24.5. The van der Waals surface area contributed by atoms with Crippen molar-refractivity contribution < 1.29 is 23.1 Å². The Morgan fingerprint density at radius 3 is 2.38 bits per heavy atom. The predicted molar refractivity (Wildman–Crippen MR) is 127 cm³/mol. The Bertz CT molecular complexity index is 1280. The molecule has 2 aromatic rings. The van der Waals surface area contributed by atoms with E-state index >= 15 is 0 Å². The monoisotopic (exact) mass is 484 g/mol. The molecule has 0 amide bonds. The number of ether oxygens (including phenoxy) is 1. The lowest BCUT2D eigenvalue weighted by Crippen LogP contribution is -2.40. The Labute approximate surface area is 199 Å². The van der Waals surface area contributed by atoms with Gasteiger partial charge in [-0.05, 0) is 62.6 Å². The molecular formula is C24H28N4O5S. The largest absolute Gasteiger partial charge is 0.477 e. The minimum atomic E-state index is -3.70. The average Bonchev–Trinajstić information content (AvgIpc) is 3.45. The number of aromatic nitrogens is 1. The van der Waals surface area contributed by atoms with Crippen molar-refractivity contribution in [3.63, 3.8) is 0 Å². The van der Waals surface area contributed by atoms with Crippen LogP contribution in [-0.4, -0.2) is 67.8 Å². The van der Waals surface area contributed by atoms with Gasteiger partial charge in [0, 0.05) is 37.6 Å². The summed E-state index contributed by atoms with van der Waals surface area (Å²) in [4.78, 5) is 13.8. The van der Waals surface area contributed by atoms with Gasteiger partial charge in [0.2, 0.25) is 10.0 Å².